The van der Waals surface area contributed by atoms with Gasteiger partial charge in [-0.25, -0.2) is 0 Å². The van der Waals surface area contributed by atoms with E-state index in [9.17, 15) is 19.2 Å². The summed E-state index contributed by atoms with van der Waals surface area (Å²) in [4.78, 5) is 50.9. The van der Waals surface area contributed by atoms with Crippen molar-refractivity contribution in [3.63, 3.8) is 0 Å². The van der Waals surface area contributed by atoms with Crippen LogP contribution in [-0.2, 0) is 32.0 Å². The van der Waals surface area contributed by atoms with Crippen LogP contribution in [0.4, 0.5) is 0 Å². The lowest BCUT2D eigenvalue weighted by atomic mass is 10.00. The van der Waals surface area contributed by atoms with Gasteiger partial charge in [-0.3, -0.25) is 19.2 Å². The highest BCUT2D eigenvalue weighted by atomic mass is 32.1. The van der Waals surface area contributed by atoms with Gasteiger partial charge in [0.2, 0.25) is 23.6 Å². The third-order valence-corrected chi connectivity index (χ3v) is 6.27. The minimum Gasteiger partial charge on any atom is -0.368 e. The van der Waals surface area contributed by atoms with Crippen molar-refractivity contribution in [3.8, 4) is 0 Å². The fraction of sp³-hybridized carbons (Fsp3) is 0.385. The molecular formula is C26H35N5O4S2. The fourth-order valence-corrected chi connectivity index (χ4v) is 4.05. The molecule has 0 aliphatic rings. The van der Waals surface area contributed by atoms with E-state index in [1.165, 1.54) is 0 Å². The molecule has 2 aromatic carbocycles. The van der Waals surface area contributed by atoms with Gasteiger partial charge >= 0.3 is 0 Å². The highest BCUT2D eigenvalue weighted by Crippen LogP contribution is 2.18. The molecule has 4 amide bonds. The van der Waals surface area contributed by atoms with Gasteiger partial charge in [0.25, 0.3) is 0 Å². The quantitative estimate of drug-likeness (QED) is 0.181. The summed E-state index contributed by atoms with van der Waals surface area (Å²) in [5.74, 6) is -2.54. The van der Waals surface area contributed by atoms with Crippen LogP contribution in [0.1, 0.15) is 25.0 Å². The van der Waals surface area contributed by atoms with Crippen LogP contribution in [0.5, 0.6) is 0 Å². The number of benzene rings is 2. The van der Waals surface area contributed by atoms with E-state index in [2.05, 4.69) is 41.2 Å². The average molecular weight is 546 g/mol. The van der Waals surface area contributed by atoms with E-state index >= 15 is 0 Å². The third-order valence-electron chi connectivity index (χ3n) is 5.64. The molecule has 0 unspecified atom stereocenters. The largest absolute Gasteiger partial charge is 0.368 e. The second-order valence-electron chi connectivity index (χ2n) is 9.29. The molecule has 2 rings (SSSR count). The normalized spacial score (nSPS) is 14.5. The zero-order valence-corrected chi connectivity index (χ0v) is 22.7. The fourth-order valence-electron chi connectivity index (χ4n) is 3.60. The van der Waals surface area contributed by atoms with Gasteiger partial charge in [0.05, 0.1) is 6.04 Å². The molecule has 0 spiro atoms. The molecule has 0 aliphatic heterocycles. The first-order valence-corrected chi connectivity index (χ1v) is 12.9. The van der Waals surface area contributed by atoms with E-state index < -0.39 is 52.5 Å². The zero-order valence-electron chi connectivity index (χ0n) is 20.9. The van der Waals surface area contributed by atoms with Crippen molar-refractivity contribution >= 4 is 48.9 Å². The molecular weight excluding hydrogens is 510 g/mol. The van der Waals surface area contributed by atoms with Crippen LogP contribution in [0.3, 0.4) is 0 Å². The Kier molecular flexibility index (Phi) is 11.5. The lowest BCUT2D eigenvalue weighted by molar-refractivity contribution is -0.133. The van der Waals surface area contributed by atoms with Gasteiger partial charge in [-0.05, 0) is 31.4 Å². The highest BCUT2D eigenvalue weighted by molar-refractivity contribution is 7.81. The average Bonchev–Trinajstić information content (AvgIpc) is 2.85. The lowest BCUT2D eigenvalue weighted by Crippen LogP contribution is -2.61. The Morgan fingerprint density at radius 3 is 1.70 bits per heavy atom. The summed E-state index contributed by atoms with van der Waals surface area (Å²) in [5.41, 5.74) is 13.2. The number of hydrogen-bond donors (Lipinski definition) is 7. The summed E-state index contributed by atoms with van der Waals surface area (Å²) in [6, 6.07) is 14.2. The van der Waals surface area contributed by atoms with Gasteiger partial charge in [-0.1, -0.05) is 60.7 Å². The molecule has 0 saturated heterocycles. The summed E-state index contributed by atoms with van der Waals surface area (Å²) in [6.45, 7) is 3.28. The van der Waals surface area contributed by atoms with Crippen molar-refractivity contribution in [3.05, 3.63) is 71.8 Å². The maximum Gasteiger partial charge on any atom is 0.244 e. The summed E-state index contributed by atoms with van der Waals surface area (Å²) >= 11 is 8.57. The van der Waals surface area contributed by atoms with E-state index in [1.807, 2.05) is 36.4 Å². The van der Waals surface area contributed by atoms with Gasteiger partial charge < -0.3 is 27.4 Å². The number of nitrogens with two attached hydrogens (primary N) is 2. The maximum absolute atomic E-state index is 13.2. The smallest absolute Gasteiger partial charge is 0.244 e. The summed E-state index contributed by atoms with van der Waals surface area (Å²) in [5, 5.41) is 7.88. The van der Waals surface area contributed by atoms with E-state index in [4.69, 9.17) is 11.5 Å². The Hall–Kier alpha value is -3.02. The third kappa shape index (κ3) is 9.75. The predicted molar refractivity (Wildman–Crippen MR) is 150 cm³/mol. The van der Waals surface area contributed by atoms with Gasteiger partial charge in [0.1, 0.15) is 18.1 Å². The number of primary amides is 1. The van der Waals surface area contributed by atoms with Crippen molar-refractivity contribution in [1.82, 2.24) is 16.0 Å². The van der Waals surface area contributed by atoms with E-state index in [0.29, 0.717) is 6.42 Å². The van der Waals surface area contributed by atoms with Crippen molar-refractivity contribution in [2.24, 2.45) is 11.5 Å². The van der Waals surface area contributed by atoms with Gasteiger partial charge in [-0.2, -0.15) is 25.3 Å². The Labute approximate surface area is 228 Å². The van der Waals surface area contributed by atoms with Gasteiger partial charge in [0.15, 0.2) is 0 Å². The molecule has 0 aromatic heterocycles. The minimum absolute atomic E-state index is 0.0249. The summed E-state index contributed by atoms with van der Waals surface area (Å²) in [6.07, 6.45) is 0.429. The Bertz CT molecular complexity index is 1060. The molecule has 200 valence electrons. The number of carbonyl (C=O) groups excluding carboxylic acids is 4. The number of thiol groups is 2. The molecule has 0 bridgehead atoms. The molecule has 0 aliphatic carbocycles. The number of carbonyl (C=O) groups is 4. The van der Waals surface area contributed by atoms with Gasteiger partial charge in [0, 0.05) is 16.9 Å². The van der Waals surface area contributed by atoms with Crippen molar-refractivity contribution in [1.29, 1.82) is 0 Å². The number of amides is 4. The monoisotopic (exact) mass is 545 g/mol. The van der Waals surface area contributed by atoms with Gasteiger partial charge in [-0.15, -0.1) is 0 Å². The van der Waals surface area contributed by atoms with E-state index in [-0.39, 0.29) is 12.2 Å². The molecule has 11 heteroatoms. The standard InChI is InChI=1S/C26H35N5O4S2/c1-26(2,37)21(22(28)32)31-24(34)19(14-17-11-7-4-8-12-17)29-25(35)20(15-36)30-23(33)18(27)13-16-9-5-3-6-10-16/h3-12,18-21,36-37H,13-15,27H2,1-2H3,(H2,28,32)(H,29,35)(H,30,33)(H,31,34)/t18-,19-,20+,21-/m0/s1. The second kappa shape index (κ2) is 14.1. The Morgan fingerprint density at radius 2 is 1.24 bits per heavy atom. The summed E-state index contributed by atoms with van der Waals surface area (Å²) in [7, 11) is 0. The molecule has 4 atom stereocenters. The highest BCUT2D eigenvalue weighted by Gasteiger charge is 2.35. The second-order valence-corrected chi connectivity index (χ2v) is 10.8. The van der Waals surface area contributed by atoms with Crippen molar-refractivity contribution < 1.29 is 19.2 Å². The molecule has 7 N–H and O–H groups in total. The molecule has 37 heavy (non-hydrogen) atoms. The van der Waals surface area contributed by atoms with Crippen LogP contribution in [0.25, 0.3) is 0 Å². The molecule has 0 fully saturated rings. The zero-order chi connectivity index (χ0) is 27.6. The van der Waals surface area contributed by atoms with E-state index in [0.717, 1.165) is 11.1 Å². The lowest BCUT2D eigenvalue weighted by Gasteiger charge is -2.30. The van der Waals surface area contributed by atoms with E-state index in [1.54, 1.807) is 38.1 Å². The van der Waals surface area contributed by atoms with Crippen molar-refractivity contribution in [2.45, 2.75) is 55.6 Å². The van der Waals surface area contributed by atoms with Crippen LogP contribution in [0.15, 0.2) is 60.7 Å². The number of hydrogen-bond acceptors (Lipinski definition) is 7. The van der Waals surface area contributed by atoms with Crippen LogP contribution >= 0.6 is 25.3 Å². The predicted octanol–water partition coefficient (Wildman–Crippen LogP) is 0.377. The SMILES string of the molecule is CC(C)(S)[C@@H](NC(=O)[C@H](Cc1ccccc1)NC(=O)[C@@H](CS)NC(=O)[C@@H](N)Cc1ccccc1)C(N)=O. The van der Waals surface area contributed by atoms with Crippen LogP contribution < -0.4 is 27.4 Å². The topological polar surface area (TPSA) is 156 Å². The van der Waals surface area contributed by atoms with Crippen LogP contribution in [0.2, 0.25) is 0 Å². The minimum atomic E-state index is -1.09. The number of nitrogens with one attached hydrogen (secondary N) is 3. The molecule has 9 nitrogen and oxygen atoms in total. The van der Waals surface area contributed by atoms with Crippen molar-refractivity contribution in [2.75, 3.05) is 5.75 Å². The first-order chi connectivity index (χ1) is 17.4. The summed E-state index contributed by atoms with van der Waals surface area (Å²) < 4.78 is -0.945. The molecule has 2 aromatic rings. The van der Waals surface area contributed by atoms with Crippen LogP contribution in [0, 0.1) is 0 Å². The molecule has 0 heterocycles. The maximum atomic E-state index is 13.2. The van der Waals surface area contributed by atoms with Crippen LogP contribution in [-0.4, -0.2) is 58.3 Å². The first-order valence-electron chi connectivity index (χ1n) is 11.8. The number of rotatable bonds is 13. The Morgan fingerprint density at radius 1 is 0.784 bits per heavy atom. The molecule has 0 radical (unpaired) electrons. The Balaban J connectivity index is 2.14. The first kappa shape index (κ1) is 30.2. The molecule has 0 saturated carbocycles.